The molecule has 1 aromatic carbocycles. The monoisotopic (exact) mass is 433 g/mol. The molecular weight excluding hydrogens is 405 g/mol. The fraction of sp³-hybridized carbons (Fsp3) is 0.400. The van der Waals surface area contributed by atoms with Gasteiger partial charge < -0.3 is 4.90 Å². The molecule has 1 saturated heterocycles. The van der Waals surface area contributed by atoms with Crippen LogP contribution in [0, 0.1) is 5.82 Å². The molecule has 0 spiro atoms. The van der Waals surface area contributed by atoms with E-state index in [1.807, 2.05) is 34.1 Å². The van der Waals surface area contributed by atoms with Crippen molar-refractivity contribution in [2.45, 2.75) is 38.6 Å². The van der Waals surface area contributed by atoms with E-state index in [2.05, 4.69) is 9.88 Å². The Bertz CT molecular complexity index is 1070. The average molecular weight is 434 g/mol. The minimum atomic E-state index is -0.270. The minimum Gasteiger partial charge on any atom is -0.335 e. The maximum absolute atomic E-state index is 13.5. The highest BCUT2D eigenvalue weighted by atomic mass is 19.1. The summed E-state index contributed by atoms with van der Waals surface area (Å²) in [5, 5.41) is 4.78. The third-order valence-corrected chi connectivity index (χ3v) is 6.52. The lowest BCUT2D eigenvalue weighted by atomic mass is 10.1. The van der Waals surface area contributed by atoms with Crippen LogP contribution in [0.25, 0.3) is 5.69 Å². The van der Waals surface area contributed by atoms with Crippen molar-refractivity contribution in [3.63, 3.8) is 0 Å². The maximum Gasteiger partial charge on any atom is 0.274 e. The predicted molar refractivity (Wildman–Crippen MR) is 120 cm³/mol. The zero-order valence-electron chi connectivity index (χ0n) is 18.2. The zero-order chi connectivity index (χ0) is 21.9. The molecule has 0 saturated carbocycles. The van der Waals surface area contributed by atoms with Crippen LogP contribution in [0.2, 0.25) is 0 Å². The van der Waals surface area contributed by atoms with E-state index < -0.39 is 0 Å². The Morgan fingerprint density at radius 2 is 1.62 bits per heavy atom. The number of carbonyl (C=O) groups excluding carboxylic acids is 1. The number of benzene rings is 1. The highest BCUT2D eigenvalue weighted by molar-refractivity contribution is 5.94. The number of hydrogen-bond acceptors (Lipinski definition) is 4. The van der Waals surface area contributed by atoms with Gasteiger partial charge in [-0.15, -0.1) is 0 Å². The van der Waals surface area contributed by atoms with Crippen molar-refractivity contribution in [3.8, 4) is 5.69 Å². The van der Waals surface area contributed by atoms with Crippen molar-refractivity contribution in [1.29, 1.82) is 0 Å². The normalized spacial score (nSPS) is 17.1. The summed E-state index contributed by atoms with van der Waals surface area (Å²) >= 11 is 0. The lowest BCUT2D eigenvalue weighted by Gasteiger charge is -2.34. The molecule has 0 bridgehead atoms. The van der Waals surface area contributed by atoms with Crippen molar-refractivity contribution in [2.75, 3.05) is 26.2 Å². The predicted octanol–water partition coefficient (Wildman–Crippen LogP) is 3.63. The van der Waals surface area contributed by atoms with Gasteiger partial charge in [-0.3, -0.25) is 14.7 Å². The van der Waals surface area contributed by atoms with Crippen LogP contribution >= 0.6 is 0 Å². The second kappa shape index (κ2) is 9.20. The standard InChI is InChI=1S/C25H28FN5O/c26-20-6-8-21(9-7-20)31-23-5-3-1-2-4-22(23)24(28-31)25(32)30-16-14-29(15-17-30)18-19-10-12-27-13-11-19/h6-13H,1-5,14-18H2. The number of rotatable bonds is 4. The van der Waals surface area contributed by atoms with Gasteiger partial charge in [0, 0.05) is 56.4 Å². The molecule has 1 aliphatic heterocycles. The molecule has 0 atom stereocenters. The first kappa shape index (κ1) is 20.8. The van der Waals surface area contributed by atoms with Gasteiger partial charge in [-0.1, -0.05) is 6.42 Å². The van der Waals surface area contributed by atoms with Crippen molar-refractivity contribution in [2.24, 2.45) is 0 Å². The van der Waals surface area contributed by atoms with Gasteiger partial charge in [0.25, 0.3) is 5.91 Å². The van der Waals surface area contributed by atoms with Crippen LogP contribution in [-0.4, -0.2) is 56.7 Å². The number of piperazine rings is 1. The first-order valence-corrected chi connectivity index (χ1v) is 11.5. The number of amides is 1. The summed E-state index contributed by atoms with van der Waals surface area (Å²) in [7, 11) is 0. The quantitative estimate of drug-likeness (QED) is 0.590. The summed E-state index contributed by atoms with van der Waals surface area (Å²) in [6.45, 7) is 3.95. The molecule has 1 aliphatic carbocycles. The van der Waals surface area contributed by atoms with E-state index >= 15 is 0 Å². The van der Waals surface area contributed by atoms with Crippen LogP contribution in [0.5, 0.6) is 0 Å². The molecule has 7 heteroatoms. The molecule has 2 aromatic heterocycles. The van der Waals surface area contributed by atoms with Crippen molar-refractivity contribution in [1.82, 2.24) is 24.6 Å². The number of fused-ring (bicyclic) bond motifs is 1. The van der Waals surface area contributed by atoms with E-state index in [-0.39, 0.29) is 11.7 Å². The number of nitrogens with zero attached hydrogens (tertiary/aromatic N) is 5. The third-order valence-electron chi connectivity index (χ3n) is 6.52. The van der Waals surface area contributed by atoms with Gasteiger partial charge in [0.05, 0.1) is 5.69 Å². The fourth-order valence-electron chi connectivity index (χ4n) is 4.75. The van der Waals surface area contributed by atoms with Crippen LogP contribution < -0.4 is 0 Å². The summed E-state index contributed by atoms with van der Waals surface area (Å²) in [6.07, 6.45) is 8.71. The summed E-state index contributed by atoms with van der Waals surface area (Å²) in [4.78, 5) is 21.9. The Kier molecular flexibility index (Phi) is 5.99. The number of aromatic nitrogens is 3. The largest absolute Gasteiger partial charge is 0.335 e. The Morgan fingerprint density at radius 1 is 0.906 bits per heavy atom. The van der Waals surface area contributed by atoms with Crippen LogP contribution in [-0.2, 0) is 19.4 Å². The van der Waals surface area contributed by atoms with Gasteiger partial charge in [-0.25, -0.2) is 9.07 Å². The highest BCUT2D eigenvalue weighted by Gasteiger charge is 2.29. The highest BCUT2D eigenvalue weighted by Crippen LogP contribution is 2.27. The van der Waals surface area contributed by atoms with Crippen molar-refractivity contribution >= 4 is 5.91 Å². The third kappa shape index (κ3) is 4.30. The van der Waals surface area contributed by atoms with Crippen LogP contribution in [0.4, 0.5) is 4.39 Å². The van der Waals surface area contributed by atoms with Crippen LogP contribution in [0.15, 0.2) is 48.8 Å². The minimum absolute atomic E-state index is 0.0209. The van der Waals surface area contributed by atoms with E-state index in [9.17, 15) is 9.18 Å². The molecule has 3 aromatic rings. The molecule has 6 nitrogen and oxygen atoms in total. The smallest absolute Gasteiger partial charge is 0.274 e. The molecule has 32 heavy (non-hydrogen) atoms. The Labute approximate surface area is 187 Å². The molecule has 0 N–H and O–H groups in total. The van der Waals surface area contributed by atoms with E-state index in [1.165, 1.54) is 17.7 Å². The van der Waals surface area contributed by atoms with E-state index in [1.54, 1.807) is 12.1 Å². The SMILES string of the molecule is O=C(c1nn(-c2ccc(F)cc2)c2c1CCCCC2)N1CCN(Cc2ccncc2)CC1. The van der Waals surface area contributed by atoms with Gasteiger partial charge in [0.2, 0.25) is 0 Å². The van der Waals surface area contributed by atoms with Gasteiger partial charge in [0.15, 0.2) is 5.69 Å². The molecule has 1 fully saturated rings. The van der Waals surface area contributed by atoms with Crippen molar-refractivity contribution in [3.05, 3.63) is 77.1 Å². The summed E-state index contributed by atoms with van der Waals surface area (Å²) in [5.41, 5.74) is 4.81. The van der Waals surface area contributed by atoms with Crippen molar-refractivity contribution < 1.29 is 9.18 Å². The fourth-order valence-corrected chi connectivity index (χ4v) is 4.75. The first-order valence-electron chi connectivity index (χ1n) is 11.5. The zero-order valence-corrected chi connectivity index (χ0v) is 18.2. The summed E-state index contributed by atoms with van der Waals surface area (Å²) in [5.74, 6) is -0.250. The van der Waals surface area contributed by atoms with Gasteiger partial charge >= 0.3 is 0 Å². The van der Waals surface area contributed by atoms with Crippen LogP contribution in [0.1, 0.15) is 46.6 Å². The lowest BCUT2D eigenvalue weighted by molar-refractivity contribution is 0.0621. The Hall–Kier alpha value is -3.06. The molecule has 0 radical (unpaired) electrons. The molecular formula is C25H28FN5O. The molecule has 2 aliphatic rings. The number of carbonyl (C=O) groups is 1. The molecule has 3 heterocycles. The Balaban J connectivity index is 1.35. The molecule has 166 valence electrons. The van der Waals surface area contributed by atoms with E-state index in [4.69, 9.17) is 5.10 Å². The van der Waals surface area contributed by atoms with Gasteiger partial charge in [0.1, 0.15) is 5.82 Å². The first-order chi connectivity index (χ1) is 15.7. The van der Waals surface area contributed by atoms with E-state index in [0.717, 1.165) is 68.7 Å². The summed E-state index contributed by atoms with van der Waals surface area (Å²) < 4.78 is 15.3. The van der Waals surface area contributed by atoms with Gasteiger partial charge in [-0.05, 0) is 67.6 Å². The number of halogens is 1. The Morgan fingerprint density at radius 3 is 2.38 bits per heavy atom. The molecule has 5 rings (SSSR count). The van der Waals surface area contributed by atoms with Gasteiger partial charge in [-0.2, -0.15) is 5.10 Å². The topological polar surface area (TPSA) is 54.3 Å². The van der Waals surface area contributed by atoms with E-state index in [0.29, 0.717) is 18.8 Å². The number of hydrogen-bond donors (Lipinski definition) is 0. The second-order valence-electron chi connectivity index (χ2n) is 8.65. The average Bonchev–Trinajstić information content (AvgIpc) is 3.01. The lowest BCUT2D eigenvalue weighted by Crippen LogP contribution is -2.48. The molecule has 0 unspecified atom stereocenters. The second-order valence-corrected chi connectivity index (χ2v) is 8.65. The summed E-state index contributed by atoms with van der Waals surface area (Å²) in [6, 6.07) is 10.4. The van der Waals surface area contributed by atoms with Crippen LogP contribution in [0.3, 0.4) is 0 Å². The maximum atomic E-state index is 13.5. The number of pyridine rings is 1. The molecule has 1 amide bonds.